The van der Waals surface area contributed by atoms with Crippen LogP contribution in [0.3, 0.4) is 0 Å². The minimum Gasteiger partial charge on any atom is -0.496 e. The number of methoxy groups -OCH3 is 1. The van der Waals surface area contributed by atoms with Crippen molar-refractivity contribution in [2.75, 3.05) is 7.11 Å². The average Bonchev–Trinajstić information content (AvgIpc) is 2.77. The molecule has 0 bridgehead atoms. The van der Waals surface area contributed by atoms with Crippen LogP contribution in [-0.2, 0) is 0 Å². The highest BCUT2D eigenvalue weighted by atomic mass is 79.9. The molecule has 1 unspecified atom stereocenters. The van der Waals surface area contributed by atoms with Crippen LogP contribution in [0, 0.1) is 5.82 Å². The molecule has 1 atom stereocenters. The SMILES string of the molecule is COc1ccc(F)cc1C(NN)c1sccc1Br. The van der Waals surface area contributed by atoms with Crippen LogP contribution >= 0.6 is 27.3 Å². The summed E-state index contributed by atoms with van der Waals surface area (Å²) in [6, 6.07) is 5.99. The Morgan fingerprint density at radius 2 is 2.22 bits per heavy atom. The fourth-order valence-electron chi connectivity index (χ4n) is 1.75. The molecule has 1 aromatic heterocycles. The number of halogens is 2. The summed E-state index contributed by atoms with van der Waals surface area (Å²) in [5.74, 6) is 5.87. The summed E-state index contributed by atoms with van der Waals surface area (Å²) in [5.41, 5.74) is 3.37. The molecule has 0 amide bonds. The summed E-state index contributed by atoms with van der Waals surface area (Å²) < 4.78 is 19.6. The topological polar surface area (TPSA) is 47.3 Å². The number of thiophene rings is 1. The van der Waals surface area contributed by atoms with Crippen molar-refractivity contribution in [1.29, 1.82) is 0 Å². The number of hydrogen-bond acceptors (Lipinski definition) is 4. The van der Waals surface area contributed by atoms with Gasteiger partial charge < -0.3 is 4.74 Å². The predicted octanol–water partition coefficient (Wildman–Crippen LogP) is 3.21. The van der Waals surface area contributed by atoms with Gasteiger partial charge in [-0.2, -0.15) is 0 Å². The van der Waals surface area contributed by atoms with Gasteiger partial charge >= 0.3 is 0 Å². The lowest BCUT2D eigenvalue weighted by Crippen LogP contribution is -2.28. The van der Waals surface area contributed by atoms with Crippen LogP contribution in [0.2, 0.25) is 0 Å². The Morgan fingerprint density at radius 3 is 2.78 bits per heavy atom. The molecule has 0 aliphatic carbocycles. The van der Waals surface area contributed by atoms with Crippen molar-refractivity contribution in [3.8, 4) is 5.75 Å². The first-order valence-electron chi connectivity index (χ1n) is 5.19. The summed E-state index contributed by atoms with van der Waals surface area (Å²) in [6.45, 7) is 0. The van der Waals surface area contributed by atoms with E-state index in [9.17, 15) is 4.39 Å². The molecule has 2 aromatic rings. The molecule has 3 nitrogen and oxygen atoms in total. The predicted molar refractivity (Wildman–Crippen MR) is 74.1 cm³/mol. The minimum atomic E-state index is -0.321. The lowest BCUT2D eigenvalue weighted by Gasteiger charge is -2.18. The summed E-state index contributed by atoms with van der Waals surface area (Å²) in [7, 11) is 1.55. The summed E-state index contributed by atoms with van der Waals surface area (Å²) in [4.78, 5) is 0.974. The average molecular weight is 331 g/mol. The van der Waals surface area contributed by atoms with Crippen molar-refractivity contribution in [2.24, 2.45) is 5.84 Å². The van der Waals surface area contributed by atoms with Gasteiger partial charge in [0.1, 0.15) is 11.6 Å². The van der Waals surface area contributed by atoms with Gasteiger partial charge in [0.05, 0.1) is 13.2 Å². The zero-order chi connectivity index (χ0) is 13.1. The molecular weight excluding hydrogens is 319 g/mol. The monoisotopic (exact) mass is 330 g/mol. The van der Waals surface area contributed by atoms with E-state index in [1.165, 1.54) is 23.5 Å². The Bertz CT molecular complexity index is 547. The van der Waals surface area contributed by atoms with Crippen molar-refractivity contribution in [3.63, 3.8) is 0 Å². The van der Waals surface area contributed by atoms with Gasteiger partial charge in [-0.3, -0.25) is 5.84 Å². The van der Waals surface area contributed by atoms with Crippen molar-refractivity contribution in [3.05, 3.63) is 50.4 Å². The van der Waals surface area contributed by atoms with E-state index in [0.717, 1.165) is 9.35 Å². The van der Waals surface area contributed by atoms with E-state index < -0.39 is 0 Å². The molecule has 0 saturated heterocycles. The largest absolute Gasteiger partial charge is 0.496 e. The number of ether oxygens (including phenoxy) is 1. The van der Waals surface area contributed by atoms with Crippen LogP contribution in [0.25, 0.3) is 0 Å². The van der Waals surface area contributed by atoms with E-state index in [1.807, 2.05) is 11.4 Å². The molecule has 3 N–H and O–H groups in total. The third kappa shape index (κ3) is 2.56. The van der Waals surface area contributed by atoms with E-state index in [-0.39, 0.29) is 11.9 Å². The van der Waals surface area contributed by atoms with E-state index in [4.69, 9.17) is 10.6 Å². The molecular formula is C12H12BrFN2OS. The standard InChI is InChI=1S/C12H12BrFN2OS/c1-17-10-3-2-7(14)6-8(10)11(16-15)12-9(13)4-5-18-12/h2-6,11,16H,15H2,1H3. The number of nitrogens with two attached hydrogens (primary N) is 1. The number of hydrazine groups is 1. The molecule has 1 heterocycles. The third-order valence-corrected chi connectivity index (χ3v) is 4.51. The molecule has 0 spiro atoms. The maximum Gasteiger partial charge on any atom is 0.124 e. The smallest absolute Gasteiger partial charge is 0.124 e. The van der Waals surface area contributed by atoms with E-state index >= 15 is 0 Å². The number of nitrogens with one attached hydrogen (secondary N) is 1. The molecule has 0 radical (unpaired) electrons. The van der Waals surface area contributed by atoms with Crippen LogP contribution in [0.1, 0.15) is 16.5 Å². The number of benzene rings is 1. The lowest BCUT2D eigenvalue weighted by atomic mass is 10.0. The van der Waals surface area contributed by atoms with Crippen LogP contribution in [0.15, 0.2) is 34.1 Å². The maximum atomic E-state index is 13.4. The van der Waals surface area contributed by atoms with Gasteiger partial charge in [0.25, 0.3) is 0 Å². The van der Waals surface area contributed by atoms with E-state index in [0.29, 0.717) is 11.3 Å². The number of hydrogen-bond donors (Lipinski definition) is 2. The molecule has 0 fully saturated rings. The summed E-state index contributed by atoms with van der Waals surface area (Å²) in [6.07, 6.45) is 0. The highest BCUT2D eigenvalue weighted by Gasteiger charge is 2.21. The maximum absolute atomic E-state index is 13.4. The van der Waals surface area contributed by atoms with Crippen molar-refractivity contribution >= 4 is 27.3 Å². The molecule has 1 aromatic carbocycles. The Labute approximate surface area is 117 Å². The zero-order valence-electron chi connectivity index (χ0n) is 9.61. The fourth-order valence-corrected chi connectivity index (χ4v) is 3.43. The van der Waals surface area contributed by atoms with E-state index in [2.05, 4.69) is 21.4 Å². The number of rotatable bonds is 4. The first-order chi connectivity index (χ1) is 8.67. The Morgan fingerprint density at radius 1 is 1.44 bits per heavy atom. The molecule has 0 aliphatic heterocycles. The van der Waals surface area contributed by atoms with Crippen LogP contribution < -0.4 is 16.0 Å². The second-order valence-electron chi connectivity index (χ2n) is 3.62. The van der Waals surface area contributed by atoms with Gasteiger partial charge in [-0.05, 0) is 45.6 Å². The quantitative estimate of drug-likeness (QED) is 0.668. The molecule has 0 saturated carbocycles. The van der Waals surface area contributed by atoms with Crippen LogP contribution in [0.5, 0.6) is 5.75 Å². The molecule has 2 rings (SSSR count). The third-order valence-electron chi connectivity index (χ3n) is 2.58. The van der Waals surface area contributed by atoms with Crippen molar-refractivity contribution in [1.82, 2.24) is 5.43 Å². The normalized spacial score (nSPS) is 12.4. The van der Waals surface area contributed by atoms with Gasteiger partial charge in [-0.1, -0.05) is 0 Å². The molecule has 0 aliphatic rings. The van der Waals surface area contributed by atoms with Gasteiger partial charge in [0, 0.05) is 14.9 Å². The Balaban J connectivity index is 2.51. The Hall–Kier alpha value is -0.950. The first-order valence-corrected chi connectivity index (χ1v) is 6.87. The van der Waals surface area contributed by atoms with Gasteiger partial charge in [0.2, 0.25) is 0 Å². The van der Waals surface area contributed by atoms with Gasteiger partial charge in [-0.15, -0.1) is 11.3 Å². The lowest BCUT2D eigenvalue weighted by molar-refractivity contribution is 0.403. The summed E-state index contributed by atoms with van der Waals surface area (Å²) >= 11 is 4.99. The second-order valence-corrected chi connectivity index (χ2v) is 5.42. The van der Waals surface area contributed by atoms with Gasteiger partial charge in [0.15, 0.2) is 0 Å². The second kappa shape index (κ2) is 5.79. The first kappa shape index (κ1) is 13.5. The molecule has 6 heteroatoms. The zero-order valence-corrected chi connectivity index (χ0v) is 12.0. The van der Waals surface area contributed by atoms with Crippen LogP contribution in [-0.4, -0.2) is 7.11 Å². The van der Waals surface area contributed by atoms with Crippen molar-refractivity contribution < 1.29 is 9.13 Å². The highest BCUT2D eigenvalue weighted by Crippen LogP contribution is 2.36. The summed E-state index contributed by atoms with van der Waals surface area (Å²) in [5, 5.41) is 1.94. The van der Waals surface area contributed by atoms with Crippen LogP contribution in [0.4, 0.5) is 4.39 Å². The minimum absolute atomic E-state index is 0.315. The molecule has 18 heavy (non-hydrogen) atoms. The fraction of sp³-hybridized carbons (Fsp3) is 0.167. The van der Waals surface area contributed by atoms with Crippen molar-refractivity contribution in [2.45, 2.75) is 6.04 Å². The van der Waals surface area contributed by atoms with Gasteiger partial charge in [-0.25, -0.2) is 9.82 Å². The Kier molecular flexibility index (Phi) is 4.34. The van der Waals surface area contributed by atoms with E-state index in [1.54, 1.807) is 13.2 Å². The molecule has 96 valence electrons. The highest BCUT2D eigenvalue weighted by molar-refractivity contribution is 9.10.